The second-order valence-corrected chi connectivity index (χ2v) is 5.90. The van der Waals surface area contributed by atoms with E-state index in [2.05, 4.69) is 20.8 Å². The number of rotatable bonds is 3. The number of phenolic OH excluding ortho intramolecular Hbond substituents is 1. The molecule has 1 fully saturated rings. The molecule has 100 valence electrons. The van der Waals surface area contributed by atoms with Gasteiger partial charge in [0.1, 0.15) is 5.75 Å². The number of hydrogen-bond acceptors (Lipinski definition) is 3. The van der Waals surface area contributed by atoms with Crippen molar-refractivity contribution in [2.24, 2.45) is 0 Å². The Morgan fingerprint density at radius 1 is 1.44 bits per heavy atom. The number of aliphatic hydroxyl groups excluding tert-OH is 1. The summed E-state index contributed by atoms with van der Waals surface area (Å²) in [5.74, 6) is 0.291. The van der Waals surface area contributed by atoms with Crippen molar-refractivity contribution in [2.45, 2.75) is 44.9 Å². The maximum Gasteiger partial charge on any atom is 0.115 e. The summed E-state index contributed by atoms with van der Waals surface area (Å²) in [6.45, 7) is 3.64. The quantitative estimate of drug-likeness (QED) is 0.901. The number of aliphatic hydroxyl groups is 1. The van der Waals surface area contributed by atoms with Gasteiger partial charge in [-0.1, -0.05) is 22.4 Å². The summed E-state index contributed by atoms with van der Waals surface area (Å²) in [5.41, 5.74) is 1.07. The molecule has 18 heavy (non-hydrogen) atoms. The van der Waals surface area contributed by atoms with Crippen molar-refractivity contribution < 1.29 is 10.2 Å². The van der Waals surface area contributed by atoms with Crippen LogP contribution in [0.4, 0.5) is 0 Å². The van der Waals surface area contributed by atoms with Gasteiger partial charge in [-0.05, 0) is 50.1 Å². The lowest BCUT2D eigenvalue weighted by Gasteiger charge is -2.37. The average molecular weight is 314 g/mol. The molecule has 2 atom stereocenters. The third-order valence-electron chi connectivity index (χ3n) is 3.62. The molecular formula is C14H20BrNO2. The van der Waals surface area contributed by atoms with Crippen LogP contribution in [0.3, 0.4) is 0 Å². The van der Waals surface area contributed by atoms with Crippen LogP contribution in [0, 0.1) is 0 Å². The molecule has 1 aliphatic heterocycles. The van der Waals surface area contributed by atoms with E-state index >= 15 is 0 Å². The van der Waals surface area contributed by atoms with Crippen LogP contribution in [-0.2, 0) is 6.54 Å². The molecule has 1 heterocycles. The van der Waals surface area contributed by atoms with Gasteiger partial charge in [0.15, 0.2) is 0 Å². The Morgan fingerprint density at radius 2 is 2.22 bits per heavy atom. The number of nitrogens with zero attached hydrogens (tertiary/aromatic N) is 1. The molecule has 0 bridgehead atoms. The van der Waals surface area contributed by atoms with Crippen molar-refractivity contribution in [1.82, 2.24) is 4.90 Å². The highest BCUT2D eigenvalue weighted by molar-refractivity contribution is 9.10. The van der Waals surface area contributed by atoms with E-state index in [1.165, 1.54) is 12.8 Å². The third kappa shape index (κ3) is 3.25. The summed E-state index contributed by atoms with van der Waals surface area (Å²) in [7, 11) is 0. The molecule has 0 amide bonds. The van der Waals surface area contributed by atoms with Crippen LogP contribution in [0.1, 0.15) is 31.7 Å². The van der Waals surface area contributed by atoms with E-state index in [0.29, 0.717) is 5.75 Å². The highest BCUT2D eigenvalue weighted by Crippen LogP contribution is 2.27. The number of hydrogen-bond donors (Lipinski definition) is 2. The Hall–Kier alpha value is -0.580. The van der Waals surface area contributed by atoms with E-state index in [1.807, 2.05) is 13.0 Å². The first-order chi connectivity index (χ1) is 8.58. The zero-order valence-corrected chi connectivity index (χ0v) is 12.2. The molecule has 1 aliphatic rings. The second-order valence-electron chi connectivity index (χ2n) is 5.05. The van der Waals surface area contributed by atoms with E-state index in [1.54, 1.807) is 12.1 Å². The molecule has 1 aromatic carbocycles. The van der Waals surface area contributed by atoms with E-state index in [9.17, 15) is 10.2 Å². The van der Waals surface area contributed by atoms with Crippen molar-refractivity contribution in [2.75, 3.05) is 6.54 Å². The van der Waals surface area contributed by atoms with Gasteiger partial charge in [0.05, 0.1) is 6.10 Å². The summed E-state index contributed by atoms with van der Waals surface area (Å²) in [5, 5.41) is 19.4. The minimum Gasteiger partial charge on any atom is -0.508 e. The number of piperidine rings is 1. The van der Waals surface area contributed by atoms with Crippen molar-refractivity contribution in [3.8, 4) is 5.75 Å². The van der Waals surface area contributed by atoms with Crippen molar-refractivity contribution in [3.63, 3.8) is 0 Å². The maximum absolute atomic E-state index is 9.85. The first-order valence-corrected chi connectivity index (χ1v) is 7.26. The molecule has 3 nitrogen and oxygen atoms in total. The van der Waals surface area contributed by atoms with Gasteiger partial charge in [0, 0.05) is 17.1 Å². The first kappa shape index (κ1) is 13.8. The van der Waals surface area contributed by atoms with Gasteiger partial charge in [-0.2, -0.15) is 0 Å². The van der Waals surface area contributed by atoms with E-state index in [0.717, 1.165) is 29.5 Å². The second kappa shape index (κ2) is 6.04. The Bertz CT molecular complexity index is 409. The van der Waals surface area contributed by atoms with Crippen molar-refractivity contribution >= 4 is 15.9 Å². The van der Waals surface area contributed by atoms with Crippen LogP contribution >= 0.6 is 15.9 Å². The highest BCUT2D eigenvalue weighted by atomic mass is 79.9. The van der Waals surface area contributed by atoms with Gasteiger partial charge in [0.25, 0.3) is 0 Å². The minimum absolute atomic E-state index is 0.230. The molecule has 2 unspecified atom stereocenters. The third-order valence-corrected chi connectivity index (χ3v) is 4.40. The molecule has 2 rings (SSSR count). The predicted octanol–water partition coefficient (Wildman–Crippen LogP) is 2.89. The number of phenols is 1. The smallest absolute Gasteiger partial charge is 0.115 e. The molecule has 4 heteroatoms. The van der Waals surface area contributed by atoms with Crippen LogP contribution in [0.15, 0.2) is 22.7 Å². The van der Waals surface area contributed by atoms with Gasteiger partial charge in [-0.25, -0.2) is 0 Å². The number of aromatic hydroxyl groups is 1. The fraction of sp³-hybridized carbons (Fsp3) is 0.571. The Morgan fingerprint density at radius 3 is 2.94 bits per heavy atom. The Labute approximate surface area is 117 Å². The predicted molar refractivity (Wildman–Crippen MR) is 75.5 cm³/mol. The van der Waals surface area contributed by atoms with Gasteiger partial charge < -0.3 is 10.2 Å². The summed E-state index contributed by atoms with van der Waals surface area (Å²) in [6.07, 6.45) is 3.11. The standard InChI is InChI=1S/C14H20BrNO2/c1-10(17)14-4-2-3-7-16(14)9-11-8-12(18)5-6-13(11)15/h5-6,8,10,14,17-18H,2-4,7,9H2,1H3. The maximum atomic E-state index is 9.85. The summed E-state index contributed by atoms with van der Waals surface area (Å²) < 4.78 is 1.01. The molecule has 1 aromatic rings. The molecule has 0 aliphatic carbocycles. The fourth-order valence-electron chi connectivity index (χ4n) is 2.66. The SMILES string of the molecule is CC(O)C1CCCCN1Cc1cc(O)ccc1Br. The van der Waals surface area contributed by atoms with Gasteiger partial charge in [-0.3, -0.25) is 4.90 Å². The Balaban J connectivity index is 2.13. The summed E-state index contributed by atoms with van der Waals surface area (Å²) in [6, 6.07) is 5.56. The van der Waals surface area contributed by atoms with Gasteiger partial charge in [-0.15, -0.1) is 0 Å². The monoisotopic (exact) mass is 313 g/mol. The Kier molecular flexibility index (Phi) is 4.65. The minimum atomic E-state index is -0.304. The number of halogens is 1. The van der Waals surface area contributed by atoms with Gasteiger partial charge >= 0.3 is 0 Å². The van der Waals surface area contributed by atoms with Crippen molar-refractivity contribution in [3.05, 3.63) is 28.2 Å². The lowest BCUT2D eigenvalue weighted by atomic mass is 9.97. The molecule has 0 radical (unpaired) electrons. The molecule has 0 aromatic heterocycles. The number of likely N-dealkylation sites (tertiary alicyclic amines) is 1. The zero-order chi connectivity index (χ0) is 13.1. The zero-order valence-electron chi connectivity index (χ0n) is 10.6. The van der Waals surface area contributed by atoms with Gasteiger partial charge in [0.2, 0.25) is 0 Å². The van der Waals surface area contributed by atoms with Crippen LogP contribution in [0.25, 0.3) is 0 Å². The lowest BCUT2D eigenvalue weighted by Crippen LogP contribution is -2.45. The molecule has 2 N–H and O–H groups in total. The van der Waals surface area contributed by atoms with Crippen molar-refractivity contribution in [1.29, 1.82) is 0 Å². The largest absolute Gasteiger partial charge is 0.508 e. The van der Waals surface area contributed by atoms with Crippen LogP contribution in [0.2, 0.25) is 0 Å². The highest BCUT2D eigenvalue weighted by Gasteiger charge is 2.26. The average Bonchev–Trinajstić information content (AvgIpc) is 2.34. The molecule has 0 saturated carbocycles. The normalized spacial score (nSPS) is 22.9. The molecule has 1 saturated heterocycles. The van der Waals surface area contributed by atoms with E-state index in [4.69, 9.17) is 0 Å². The molecular weight excluding hydrogens is 294 g/mol. The van der Waals surface area contributed by atoms with Crippen LogP contribution in [0.5, 0.6) is 5.75 Å². The summed E-state index contributed by atoms with van der Waals surface area (Å²) in [4.78, 5) is 2.31. The summed E-state index contributed by atoms with van der Waals surface area (Å²) >= 11 is 3.51. The molecule has 0 spiro atoms. The van der Waals surface area contributed by atoms with E-state index < -0.39 is 0 Å². The topological polar surface area (TPSA) is 43.7 Å². The van der Waals surface area contributed by atoms with E-state index in [-0.39, 0.29) is 12.1 Å². The first-order valence-electron chi connectivity index (χ1n) is 6.47. The number of benzene rings is 1. The van der Waals surface area contributed by atoms with Crippen LogP contribution in [-0.4, -0.2) is 33.8 Å². The van der Waals surface area contributed by atoms with Crippen LogP contribution < -0.4 is 0 Å². The fourth-order valence-corrected chi connectivity index (χ4v) is 3.03. The lowest BCUT2D eigenvalue weighted by molar-refractivity contribution is 0.0315.